The number of amides is 1. The van der Waals surface area contributed by atoms with Crippen molar-refractivity contribution in [1.29, 1.82) is 0 Å². The highest BCUT2D eigenvalue weighted by molar-refractivity contribution is 5.88. The molecule has 0 atom stereocenters. The number of aryl methyl sites for hydroxylation is 4. The number of H-pyrrole nitrogens is 1. The van der Waals surface area contributed by atoms with E-state index >= 15 is 0 Å². The molecular formula is C22H25FN2O2. The molecule has 5 heteroatoms. The molecular weight excluding hydrogens is 343 g/mol. The number of benzene rings is 2. The van der Waals surface area contributed by atoms with Crippen LogP contribution in [-0.2, 0) is 11.2 Å². The van der Waals surface area contributed by atoms with E-state index in [2.05, 4.69) is 10.3 Å². The Balaban J connectivity index is 1.57. The summed E-state index contributed by atoms with van der Waals surface area (Å²) in [5.74, 6) is 0.260. The molecule has 1 aromatic heterocycles. The molecule has 0 saturated heterocycles. The van der Waals surface area contributed by atoms with Gasteiger partial charge in [0.05, 0.1) is 5.52 Å². The summed E-state index contributed by atoms with van der Waals surface area (Å²) in [4.78, 5) is 15.2. The number of ether oxygens (including phenoxy) is 1. The first-order valence-corrected chi connectivity index (χ1v) is 9.10. The predicted octanol–water partition coefficient (Wildman–Crippen LogP) is 4.28. The van der Waals surface area contributed by atoms with E-state index in [0.29, 0.717) is 24.2 Å². The monoisotopic (exact) mass is 368 g/mol. The van der Waals surface area contributed by atoms with Gasteiger partial charge in [-0.3, -0.25) is 4.79 Å². The minimum absolute atomic E-state index is 0.0248. The number of rotatable bonds is 6. The minimum atomic E-state index is -0.254. The maximum absolute atomic E-state index is 14.0. The molecule has 0 unspecified atom stereocenters. The molecule has 0 saturated carbocycles. The second-order valence-electron chi connectivity index (χ2n) is 6.98. The van der Waals surface area contributed by atoms with Crippen molar-refractivity contribution in [1.82, 2.24) is 10.3 Å². The van der Waals surface area contributed by atoms with Crippen molar-refractivity contribution in [2.24, 2.45) is 0 Å². The van der Waals surface area contributed by atoms with Crippen molar-refractivity contribution in [2.75, 3.05) is 13.2 Å². The molecule has 0 spiro atoms. The molecule has 0 radical (unpaired) electrons. The van der Waals surface area contributed by atoms with Gasteiger partial charge in [0.1, 0.15) is 11.6 Å². The van der Waals surface area contributed by atoms with Crippen LogP contribution in [0.25, 0.3) is 10.9 Å². The van der Waals surface area contributed by atoms with Crippen LogP contribution in [0.15, 0.2) is 30.3 Å². The summed E-state index contributed by atoms with van der Waals surface area (Å²) in [7, 11) is 0. The smallest absolute Gasteiger partial charge is 0.257 e. The Morgan fingerprint density at radius 1 is 1.07 bits per heavy atom. The van der Waals surface area contributed by atoms with E-state index < -0.39 is 0 Å². The highest BCUT2D eigenvalue weighted by atomic mass is 19.1. The summed E-state index contributed by atoms with van der Waals surface area (Å²) in [5.41, 5.74) is 5.84. The Morgan fingerprint density at radius 2 is 1.81 bits per heavy atom. The summed E-state index contributed by atoms with van der Waals surface area (Å²) >= 11 is 0. The number of hydrogen-bond donors (Lipinski definition) is 2. The fourth-order valence-corrected chi connectivity index (χ4v) is 3.29. The molecule has 3 rings (SSSR count). The number of halogens is 1. The number of carbonyl (C=O) groups is 1. The summed E-state index contributed by atoms with van der Waals surface area (Å²) in [5, 5.41) is 3.78. The second-order valence-corrected chi connectivity index (χ2v) is 6.98. The molecule has 1 amide bonds. The van der Waals surface area contributed by atoms with Crippen molar-refractivity contribution in [2.45, 2.75) is 34.1 Å². The van der Waals surface area contributed by atoms with Crippen LogP contribution in [0.1, 0.15) is 27.9 Å². The Morgan fingerprint density at radius 3 is 2.56 bits per heavy atom. The van der Waals surface area contributed by atoms with Crippen molar-refractivity contribution >= 4 is 16.8 Å². The van der Waals surface area contributed by atoms with Crippen LogP contribution in [0.4, 0.5) is 4.39 Å². The lowest BCUT2D eigenvalue weighted by atomic mass is 10.0. The molecule has 27 heavy (non-hydrogen) atoms. The van der Waals surface area contributed by atoms with Crippen LogP contribution in [0.3, 0.4) is 0 Å². The standard InChI is InChI=1S/C22H25FN2O2/c1-13-5-7-17(11-15(13)3)27-12-20(26)24-10-9-18-16(4)25-22-19(23)8-6-14(2)21(18)22/h5-8,11,25H,9-10,12H2,1-4H3,(H,24,26). The van der Waals surface area contributed by atoms with E-state index in [1.54, 1.807) is 6.07 Å². The van der Waals surface area contributed by atoms with Gasteiger partial charge >= 0.3 is 0 Å². The summed E-state index contributed by atoms with van der Waals surface area (Å²) in [6.07, 6.45) is 0.630. The van der Waals surface area contributed by atoms with Gasteiger partial charge in [-0.15, -0.1) is 0 Å². The van der Waals surface area contributed by atoms with Crippen molar-refractivity contribution in [3.8, 4) is 5.75 Å². The SMILES string of the molecule is Cc1ccc(OCC(=O)NCCc2c(C)[nH]c3c(F)ccc(C)c23)cc1C. The quantitative estimate of drug-likeness (QED) is 0.682. The van der Waals surface area contributed by atoms with Crippen molar-refractivity contribution < 1.29 is 13.9 Å². The van der Waals surface area contributed by atoms with Crippen LogP contribution >= 0.6 is 0 Å². The minimum Gasteiger partial charge on any atom is -0.484 e. The van der Waals surface area contributed by atoms with E-state index in [1.165, 1.54) is 11.6 Å². The molecule has 0 aliphatic rings. The zero-order valence-electron chi connectivity index (χ0n) is 16.2. The highest BCUT2D eigenvalue weighted by Gasteiger charge is 2.14. The molecule has 2 aromatic carbocycles. The fraction of sp³-hybridized carbons (Fsp3) is 0.318. The molecule has 0 fully saturated rings. The zero-order chi connectivity index (χ0) is 19.6. The topological polar surface area (TPSA) is 54.1 Å². The second kappa shape index (κ2) is 7.82. The predicted molar refractivity (Wildman–Crippen MR) is 106 cm³/mol. The van der Waals surface area contributed by atoms with Gasteiger partial charge in [0.15, 0.2) is 6.61 Å². The number of carbonyl (C=O) groups excluding carboxylic acids is 1. The number of aromatic nitrogens is 1. The van der Waals surface area contributed by atoms with Gasteiger partial charge in [-0.1, -0.05) is 12.1 Å². The Bertz CT molecular complexity index is 992. The third-order valence-electron chi connectivity index (χ3n) is 4.98. The first-order valence-electron chi connectivity index (χ1n) is 9.10. The van der Waals surface area contributed by atoms with Gasteiger partial charge in [0.25, 0.3) is 5.91 Å². The van der Waals surface area contributed by atoms with E-state index in [4.69, 9.17) is 4.74 Å². The first kappa shape index (κ1) is 19.0. The highest BCUT2D eigenvalue weighted by Crippen LogP contribution is 2.27. The lowest BCUT2D eigenvalue weighted by Gasteiger charge is -2.09. The van der Waals surface area contributed by atoms with E-state index in [1.807, 2.05) is 45.9 Å². The molecule has 142 valence electrons. The average molecular weight is 368 g/mol. The van der Waals surface area contributed by atoms with Crippen LogP contribution in [-0.4, -0.2) is 24.0 Å². The summed E-state index contributed by atoms with van der Waals surface area (Å²) < 4.78 is 19.6. The van der Waals surface area contributed by atoms with Gasteiger partial charge < -0.3 is 15.0 Å². The lowest BCUT2D eigenvalue weighted by Crippen LogP contribution is -2.30. The molecule has 3 aromatic rings. The van der Waals surface area contributed by atoms with Gasteiger partial charge in [0, 0.05) is 17.6 Å². The van der Waals surface area contributed by atoms with Crippen LogP contribution < -0.4 is 10.1 Å². The van der Waals surface area contributed by atoms with E-state index in [-0.39, 0.29) is 18.3 Å². The van der Waals surface area contributed by atoms with Gasteiger partial charge in [-0.25, -0.2) is 4.39 Å². The molecule has 4 nitrogen and oxygen atoms in total. The van der Waals surface area contributed by atoms with Gasteiger partial charge in [-0.2, -0.15) is 0 Å². The lowest BCUT2D eigenvalue weighted by molar-refractivity contribution is -0.123. The van der Waals surface area contributed by atoms with Crippen molar-refractivity contribution in [3.05, 3.63) is 64.1 Å². The van der Waals surface area contributed by atoms with E-state index in [9.17, 15) is 9.18 Å². The molecule has 2 N–H and O–H groups in total. The Labute approximate surface area is 158 Å². The number of fused-ring (bicyclic) bond motifs is 1. The van der Waals surface area contributed by atoms with Gasteiger partial charge in [-0.05, 0) is 74.6 Å². The summed E-state index contributed by atoms with van der Waals surface area (Å²) in [6, 6.07) is 9.02. The van der Waals surface area contributed by atoms with Gasteiger partial charge in [0.2, 0.25) is 0 Å². The summed E-state index contributed by atoms with van der Waals surface area (Å²) in [6.45, 7) is 8.39. The zero-order valence-corrected chi connectivity index (χ0v) is 16.2. The number of aromatic amines is 1. The Kier molecular flexibility index (Phi) is 5.49. The van der Waals surface area contributed by atoms with Crippen LogP contribution in [0.5, 0.6) is 5.75 Å². The molecule has 0 aliphatic heterocycles. The third-order valence-corrected chi connectivity index (χ3v) is 4.98. The maximum atomic E-state index is 14.0. The fourth-order valence-electron chi connectivity index (χ4n) is 3.29. The average Bonchev–Trinajstić information content (AvgIpc) is 2.97. The molecule has 0 aliphatic carbocycles. The molecule has 1 heterocycles. The number of nitrogens with one attached hydrogen (secondary N) is 2. The molecule has 0 bridgehead atoms. The van der Waals surface area contributed by atoms with E-state index in [0.717, 1.165) is 27.8 Å². The third kappa shape index (κ3) is 4.13. The van der Waals surface area contributed by atoms with Crippen molar-refractivity contribution in [3.63, 3.8) is 0 Å². The largest absolute Gasteiger partial charge is 0.484 e. The first-order chi connectivity index (χ1) is 12.9. The number of hydrogen-bond acceptors (Lipinski definition) is 2. The van der Waals surface area contributed by atoms with Crippen LogP contribution in [0.2, 0.25) is 0 Å². The maximum Gasteiger partial charge on any atom is 0.257 e. The van der Waals surface area contributed by atoms with Crippen LogP contribution in [0, 0.1) is 33.5 Å². The normalized spacial score (nSPS) is 11.0. The Hall–Kier alpha value is -2.82.